The number of anilines is 6. The van der Waals surface area contributed by atoms with Crippen LogP contribution in [0.5, 0.6) is 0 Å². The molecule has 4 bridgehead atoms. The molecule has 0 amide bonds. The van der Waals surface area contributed by atoms with Gasteiger partial charge in [-0.1, -0.05) is 131 Å². The molecule has 0 spiro atoms. The quantitative estimate of drug-likeness (QED) is 0.164. The number of hydrogen-bond acceptors (Lipinski definition) is 2. The van der Waals surface area contributed by atoms with E-state index < -0.39 is 81.9 Å². The zero-order valence-electron chi connectivity index (χ0n) is 55.7. The first-order valence-electron chi connectivity index (χ1n) is 31.7. The predicted molar refractivity (Wildman–Crippen MR) is 255 cm³/mol. The van der Waals surface area contributed by atoms with Gasteiger partial charge in [-0.25, -0.2) is 0 Å². The van der Waals surface area contributed by atoms with Crippen molar-refractivity contribution < 1.29 is 28.8 Å². The molecule has 0 unspecified atom stereocenters. The maximum atomic E-state index is 8.78. The van der Waals surface area contributed by atoms with Crippen LogP contribution >= 0.6 is 0 Å². The van der Waals surface area contributed by atoms with Gasteiger partial charge in [-0.2, -0.15) is 0 Å². The van der Waals surface area contributed by atoms with Crippen molar-refractivity contribution in [2.45, 2.75) is 148 Å². The first-order valence-corrected chi connectivity index (χ1v) is 21.2. The molecule has 0 atom stereocenters. The Balaban J connectivity index is 1.34. The molecular formula is C56H67BN2. The van der Waals surface area contributed by atoms with E-state index in [1.165, 1.54) is 37.3 Å². The van der Waals surface area contributed by atoms with E-state index >= 15 is 0 Å². The van der Waals surface area contributed by atoms with Gasteiger partial charge in [-0.15, -0.1) is 0 Å². The number of nitrogens with zero attached hydrogens (tertiary/aromatic N) is 2. The number of benzene rings is 5. The highest BCUT2D eigenvalue weighted by molar-refractivity contribution is 7.00. The van der Waals surface area contributed by atoms with Crippen LogP contribution < -0.4 is 26.2 Å². The summed E-state index contributed by atoms with van der Waals surface area (Å²) in [6, 6.07) is 27.5. The summed E-state index contributed by atoms with van der Waals surface area (Å²) in [6.07, 6.45) is 6.29. The summed E-state index contributed by atoms with van der Waals surface area (Å²) in [5.41, 5.74) is -1.89. The van der Waals surface area contributed by atoms with E-state index in [2.05, 4.69) is 17.0 Å². The smallest absolute Gasteiger partial charge is 0.252 e. The van der Waals surface area contributed by atoms with E-state index in [0.29, 0.717) is 79.4 Å². The van der Waals surface area contributed by atoms with Crippen molar-refractivity contribution in [3.05, 3.63) is 125 Å². The van der Waals surface area contributed by atoms with Gasteiger partial charge in [-0.05, 0) is 176 Å². The van der Waals surface area contributed by atoms with Gasteiger partial charge in [0.25, 0.3) is 6.71 Å². The monoisotopic (exact) mass is 800 g/mol. The highest BCUT2D eigenvalue weighted by Gasteiger charge is 2.53. The predicted octanol–water partition coefficient (Wildman–Crippen LogP) is 13.4. The van der Waals surface area contributed by atoms with Crippen LogP contribution in [0.4, 0.5) is 34.1 Å². The van der Waals surface area contributed by atoms with Crippen LogP contribution in [-0.4, -0.2) is 6.71 Å². The molecule has 5 aromatic carbocycles. The van der Waals surface area contributed by atoms with Gasteiger partial charge < -0.3 is 9.80 Å². The van der Waals surface area contributed by atoms with Gasteiger partial charge in [-0.3, -0.25) is 0 Å². The molecule has 2 nitrogen and oxygen atoms in total. The molecule has 0 N–H and O–H groups in total. The summed E-state index contributed by atoms with van der Waals surface area (Å²) in [5.74, 6) is 1.53. The SMILES string of the molecule is [2H]C([2H])([2H])C(C)(C)c1ccc(N2c3ccc(C(C)(C)C([2H])([2H])[2H])cc3B3c4cc(C(C)(C([2H])([2H])[2H])C([2H])([2H])[2H])ccc4N(c4ccc(C(C([2H])([2H])[2H])(C([2H])([2H])[2H])C([2H])([2H])[2H])cc4)c4cc(C56CC7CC(CC(C7)C5)C6)cc2c43)cc1. The van der Waals surface area contributed by atoms with Crippen molar-refractivity contribution in [2.24, 2.45) is 17.8 Å². The fourth-order valence-corrected chi connectivity index (χ4v) is 11.9. The summed E-state index contributed by atoms with van der Waals surface area (Å²) in [6.45, 7) is -14.6. The van der Waals surface area contributed by atoms with E-state index in [0.717, 1.165) is 44.1 Å². The second kappa shape index (κ2) is 12.9. The van der Waals surface area contributed by atoms with Crippen molar-refractivity contribution in [2.75, 3.05) is 9.80 Å². The Labute approximate surface area is 386 Å². The second-order valence-corrected chi connectivity index (χ2v) is 20.0. The lowest BCUT2D eigenvalue weighted by Crippen LogP contribution is -2.62. The maximum Gasteiger partial charge on any atom is 0.252 e. The average Bonchev–Trinajstić information content (AvgIpc) is 3.49. The Morgan fingerprint density at radius 3 is 1.31 bits per heavy atom. The first kappa shape index (κ1) is 22.0. The Hall–Kier alpha value is -4.24. The molecule has 3 heteroatoms. The van der Waals surface area contributed by atoms with Gasteiger partial charge in [0.1, 0.15) is 0 Å². The Morgan fingerprint density at radius 1 is 0.475 bits per heavy atom. The standard InChI is InChI=1S/C56H67BN2/c1-52(2,3)38-13-19-43(20-14-38)58-47-23-17-40(54(7,8)9)28-45(47)57-46-29-41(55(10,11)12)18-24-48(46)59(44-21-15-39(16-22-44)53(4,5)6)50-31-42(30-49(58)51(50)57)56-32-35-25-36(33-56)27-37(26-35)34-56/h13-24,28-31,35-37H,25-27,32-34H2,1-12H3/i1D3,2D3,3D3,4D3,7D3,8D3,10D3. The number of fused-ring (bicyclic) bond motifs is 4. The second-order valence-electron chi connectivity index (χ2n) is 20.0. The minimum absolute atomic E-state index is 0.0186. The minimum atomic E-state index is -3.54. The van der Waals surface area contributed by atoms with E-state index in [9.17, 15) is 0 Å². The topological polar surface area (TPSA) is 6.48 Å². The lowest BCUT2D eigenvalue weighted by Gasteiger charge is -2.57. The zero-order chi connectivity index (χ0) is 59.1. The molecule has 0 radical (unpaired) electrons. The summed E-state index contributed by atoms with van der Waals surface area (Å²) in [7, 11) is 0. The van der Waals surface area contributed by atoms with Gasteiger partial charge >= 0.3 is 0 Å². The Bertz CT molecular complexity index is 3160. The molecule has 0 saturated heterocycles. The third-order valence-electron chi connectivity index (χ3n) is 14.4. The number of rotatable bonds is 3. The highest BCUT2D eigenvalue weighted by Crippen LogP contribution is 2.62. The van der Waals surface area contributed by atoms with E-state index in [4.69, 9.17) is 28.8 Å². The van der Waals surface area contributed by atoms with Crippen LogP contribution in [0, 0.1) is 17.8 Å². The van der Waals surface area contributed by atoms with Gasteiger partial charge in [0.2, 0.25) is 0 Å². The lowest BCUT2D eigenvalue weighted by molar-refractivity contribution is -0.00514. The lowest BCUT2D eigenvalue weighted by atomic mass is 9.33. The largest absolute Gasteiger partial charge is 0.311 e. The van der Waals surface area contributed by atoms with E-state index in [1.54, 1.807) is 58.0 Å². The summed E-state index contributed by atoms with van der Waals surface area (Å²) < 4.78 is 181. The minimum Gasteiger partial charge on any atom is -0.311 e. The van der Waals surface area contributed by atoms with Crippen LogP contribution in [0.25, 0.3) is 0 Å². The molecule has 6 aliphatic rings. The normalized spacial score (nSPS) is 30.1. The molecule has 304 valence electrons. The van der Waals surface area contributed by atoms with E-state index in [-0.39, 0.29) is 11.0 Å². The van der Waals surface area contributed by atoms with Crippen molar-refractivity contribution in [3.63, 3.8) is 0 Å². The molecule has 11 rings (SSSR count). The summed E-state index contributed by atoms with van der Waals surface area (Å²) >= 11 is 0. The average molecular weight is 800 g/mol. The molecule has 4 saturated carbocycles. The van der Waals surface area contributed by atoms with Gasteiger partial charge in [0, 0.05) is 62.9 Å². The van der Waals surface area contributed by atoms with Crippen molar-refractivity contribution in [1.82, 2.24) is 0 Å². The Kier molecular flexibility index (Phi) is 4.81. The van der Waals surface area contributed by atoms with Crippen molar-refractivity contribution in [1.29, 1.82) is 0 Å². The third kappa shape index (κ3) is 6.34. The molecule has 59 heavy (non-hydrogen) atoms. The molecule has 2 aliphatic heterocycles. The van der Waals surface area contributed by atoms with Crippen LogP contribution in [0.3, 0.4) is 0 Å². The van der Waals surface area contributed by atoms with Crippen LogP contribution in [0.2, 0.25) is 0 Å². The molecular weight excluding hydrogens is 711 g/mol. The maximum absolute atomic E-state index is 8.78. The molecule has 0 aromatic heterocycles. The molecule has 4 fully saturated rings. The Morgan fingerprint density at radius 2 is 0.864 bits per heavy atom. The highest BCUT2D eigenvalue weighted by atomic mass is 15.2. The van der Waals surface area contributed by atoms with Crippen molar-refractivity contribution >= 4 is 57.2 Å². The zero-order valence-corrected chi connectivity index (χ0v) is 34.7. The van der Waals surface area contributed by atoms with Crippen LogP contribution in [0.15, 0.2) is 97.1 Å². The van der Waals surface area contributed by atoms with Crippen LogP contribution in [-0.2, 0) is 27.1 Å². The van der Waals surface area contributed by atoms with Gasteiger partial charge in [0.15, 0.2) is 0 Å². The first-order chi connectivity index (χ1) is 36.4. The summed E-state index contributed by atoms with van der Waals surface area (Å²) in [4.78, 5) is 4.00. The van der Waals surface area contributed by atoms with Crippen molar-refractivity contribution in [3.8, 4) is 0 Å². The molecule has 2 heterocycles. The molecule has 4 aliphatic carbocycles. The van der Waals surface area contributed by atoms with Gasteiger partial charge in [0.05, 0.1) is 0 Å². The fourth-order valence-electron chi connectivity index (χ4n) is 11.9. The third-order valence-corrected chi connectivity index (χ3v) is 14.4. The summed E-state index contributed by atoms with van der Waals surface area (Å²) in [5, 5.41) is 0. The fraction of sp³-hybridized carbons (Fsp3) is 0.464. The molecule has 5 aromatic rings. The number of hydrogen-bond donors (Lipinski definition) is 0. The van der Waals surface area contributed by atoms with Crippen LogP contribution in [0.1, 0.15) is 178 Å². The van der Waals surface area contributed by atoms with E-state index in [1.807, 2.05) is 29.2 Å².